The van der Waals surface area contributed by atoms with Crippen LogP contribution in [0, 0.1) is 0 Å². The molecule has 56 heavy (non-hydrogen) atoms. The topological polar surface area (TPSA) is 9.49 Å². The maximum absolute atomic E-state index is 2.47. The van der Waals surface area contributed by atoms with Crippen LogP contribution >= 0.6 is 0 Å². The molecule has 0 unspecified atom stereocenters. The number of benzene rings is 6. The van der Waals surface area contributed by atoms with Crippen LogP contribution in [0.15, 0.2) is 217 Å². The first-order valence-corrected chi connectivity index (χ1v) is 19.8. The highest BCUT2D eigenvalue weighted by molar-refractivity contribution is 6.17. The lowest BCUT2D eigenvalue weighted by atomic mass is 9.83. The van der Waals surface area contributed by atoms with Gasteiger partial charge in [-0.25, -0.2) is 0 Å². The third-order valence-electron chi connectivity index (χ3n) is 11.8. The SMILES string of the molecule is CC1(C)C(=C/C=C2\CC/C(=C\C=C3\N(c4ccccc4)c4ccccc4C3(C)C)C2=[N+](c2ccccc2)c2ccccc2)N(c2ccccc2)c2ccccc21. The number of para-hydroxylation sites is 6. The van der Waals surface area contributed by atoms with Gasteiger partial charge >= 0.3 is 0 Å². The normalized spacial score (nSPS) is 19.6. The Morgan fingerprint density at radius 3 is 1.14 bits per heavy atom. The van der Waals surface area contributed by atoms with Gasteiger partial charge in [0, 0.05) is 80.4 Å². The second kappa shape index (κ2) is 14.3. The van der Waals surface area contributed by atoms with Crippen molar-refractivity contribution in [3.8, 4) is 0 Å². The lowest BCUT2D eigenvalue weighted by Crippen LogP contribution is -2.23. The van der Waals surface area contributed by atoms with Gasteiger partial charge in [0.2, 0.25) is 17.1 Å². The predicted octanol–water partition coefficient (Wildman–Crippen LogP) is 13.6. The number of nitrogens with zero attached hydrogens (tertiary/aromatic N) is 3. The Bertz CT molecular complexity index is 2380. The van der Waals surface area contributed by atoms with Gasteiger partial charge in [-0.2, -0.15) is 4.58 Å². The highest BCUT2D eigenvalue weighted by atomic mass is 15.2. The first kappa shape index (κ1) is 35.3. The molecule has 3 nitrogen and oxygen atoms in total. The number of allylic oxidation sites excluding steroid dienone is 8. The van der Waals surface area contributed by atoms with Gasteiger partial charge in [-0.05, 0) is 72.5 Å². The maximum atomic E-state index is 2.47. The van der Waals surface area contributed by atoms with Gasteiger partial charge in [0.1, 0.15) is 0 Å². The molecular formula is C53H48N3+. The highest BCUT2D eigenvalue weighted by Crippen LogP contribution is 2.52. The smallest absolute Gasteiger partial charge is 0.218 e. The van der Waals surface area contributed by atoms with Gasteiger partial charge in [-0.3, -0.25) is 0 Å². The van der Waals surface area contributed by atoms with Gasteiger partial charge < -0.3 is 9.80 Å². The van der Waals surface area contributed by atoms with Gasteiger partial charge in [0.25, 0.3) is 0 Å². The van der Waals surface area contributed by atoms with Crippen LogP contribution in [-0.4, -0.2) is 5.71 Å². The lowest BCUT2D eigenvalue weighted by molar-refractivity contribution is 0.644. The van der Waals surface area contributed by atoms with Crippen molar-refractivity contribution in [3.63, 3.8) is 0 Å². The molecule has 0 bridgehead atoms. The molecule has 3 aliphatic rings. The summed E-state index contributed by atoms with van der Waals surface area (Å²) in [5.74, 6) is 0. The van der Waals surface area contributed by atoms with Crippen molar-refractivity contribution in [3.05, 3.63) is 228 Å². The Labute approximate surface area is 332 Å². The summed E-state index contributed by atoms with van der Waals surface area (Å²) in [6.07, 6.45) is 11.5. The van der Waals surface area contributed by atoms with Gasteiger partial charge in [-0.15, -0.1) is 0 Å². The van der Waals surface area contributed by atoms with Gasteiger partial charge in [0.15, 0.2) is 0 Å². The molecule has 0 atom stereocenters. The first-order valence-electron chi connectivity index (χ1n) is 19.8. The Morgan fingerprint density at radius 2 is 0.750 bits per heavy atom. The van der Waals surface area contributed by atoms with E-state index in [-0.39, 0.29) is 10.8 Å². The zero-order chi connectivity index (χ0) is 38.3. The van der Waals surface area contributed by atoms with Crippen LogP contribution in [0.2, 0.25) is 0 Å². The summed E-state index contributed by atoms with van der Waals surface area (Å²) in [5, 5.41) is 0. The van der Waals surface area contributed by atoms with Crippen LogP contribution in [0.3, 0.4) is 0 Å². The van der Waals surface area contributed by atoms with E-state index in [1.54, 1.807) is 0 Å². The predicted molar refractivity (Wildman–Crippen MR) is 237 cm³/mol. The van der Waals surface area contributed by atoms with E-state index in [9.17, 15) is 0 Å². The zero-order valence-electron chi connectivity index (χ0n) is 32.7. The summed E-state index contributed by atoms with van der Waals surface area (Å²) in [6, 6.07) is 61.0. The van der Waals surface area contributed by atoms with Crippen LogP contribution in [0.4, 0.5) is 34.1 Å². The molecular weight excluding hydrogens is 679 g/mol. The summed E-state index contributed by atoms with van der Waals surface area (Å²) in [4.78, 5) is 4.90. The lowest BCUT2D eigenvalue weighted by Gasteiger charge is -2.27. The third kappa shape index (κ3) is 6.05. The van der Waals surface area contributed by atoms with E-state index in [4.69, 9.17) is 0 Å². The number of hydrogen-bond acceptors (Lipinski definition) is 2. The Kier molecular flexibility index (Phi) is 9.02. The van der Waals surface area contributed by atoms with Crippen molar-refractivity contribution in [1.29, 1.82) is 0 Å². The van der Waals surface area contributed by atoms with Crippen molar-refractivity contribution in [2.45, 2.75) is 51.4 Å². The summed E-state index contributed by atoms with van der Waals surface area (Å²) >= 11 is 0. The molecule has 0 spiro atoms. The molecule has 1 fully saturated rings. The molecule has 1 aliphatic carbocycles. The molecule has 0 radical (unpaired) electrons. The zero-order valence-corrected chi connectivity index (χ0v) is 32.7. The fraction of sp³-hybridized carbons (Fsp3) is 0.151. The molecule has 9 rings (SSSR count). The van der Waals surface area contributed by atoms with Crippen molar-refractivity contribution < 1.29 is 0 Å². The van der Waals surface area contributed by atoms with Crippen molar-refractivity contribution >= 4 is 39.8 Å². The Balaban J connectivity index is 1.25. The van der Waals surface area contributed by atoms with E-state index < -0.39 is 0 Å². The van der Waals surface area contributed by atoms with E-state index in [0.717, 1.165) is 24.2 Å². The Morgan fingerprint density at radius 1 is 0.411 bits per heavy atom. The van der Waals surface area contributed by atoms with Crippen LogP contribution in [0.1, 0.15) is 51.7 Å². The number of fused-ring (bicyclic) bond motifs is 2. The van der Waals surface area contributed by atoms with Crippen LogP contribution in [-0.2, 0) is 10.8 Å². The molecule has 1 saturated carbocycles. The molecule has 2 aliphatic heterocycles. The van der Waals surface area contributed by atoms with E-state index >= 15 is 0 Å². The molecule has 6 aromatic rings. The number of rotatable bonds is 6. The summed E-state index contributed by atoms with van der Waals surface area (Å²) in [6.45, 7) is 9.43. The van der Waals surface area contributed by atoms with E-state index in [0.29, 0.717) is 0 Å². The van der Waals surface area contributed by atoms with Gasteiger partial charge in [0.05, 0.1) is 0 Å². The van der Waals surface area contributed by atoms with E-state index in [2.05, 4.69) is 236 Å². The van der Waals surface area contributed by atoms with Crippen LogP contribution in [0.25, 0.3) is 0 Å². The molecule has 0 saturated heterocycles. The molecule has 0 N–H and O–H groups in total. The quantitative estimate of drug-likeness (QED) is 0.158. The summed E-state index contributed by atoms with van der Waals surface area (Å²) in [5.41, 5.74) is 15.9. The van der Waals surface area contributed by atoms with Crippen molar-refractivity contribution in [1.82, 2.24) is 4.58 Å². The van der Waals surface area contributed by atoms with Gasteiger partial charge in [-0.1, -0.05) is 149 Å². The minimum atomic E-state index is -0.187. The molecule has 0 aromatic heterocycles. The maximum Gasteiger partial charge on any atom is 0.218 e. The number of hydrogen-bond donors (Lipinski definition) is 0. The number of anilines is 4. The fourth-order valence-corrected chi connectivity index (χ4v) is 9.01. The summed E-state index contributed by atoms with van der Waals surface area (Å²) < 4.78 is 2.47. The minimum absolute atomic E-state index is 0.187. The first-order chi connectivity index (χ1) is 27.3. The second-order valence-corrected chi connectivity index (χ2v) is 16.0. The average molecular weight is 727 g/mol. The highest BCUT2D eigenvalue weighted by Gasteiger charge is 2.42. The molecule has 274 valence electrons. The van der Waals surface area contributed by atoms with E-state index in [1.165, 1.54) is 62.1 Å². The molecule has 2 heterocycles. The fourth-order valence-electron chi connectivity index (χ4n) is 9.01. The largest absolute Gasteiger partial charge is 0.313 e. The Hall–Kier alpha value is -6.45. The summed E-state index contributed by atoms with van der Waals surface area (Å²) in [7, 11) is 0. The van der Waals surface area contributed by atoms with Crippen LogP contribution < -0.4 is 14.4 Å². The third-order valence-corrected chi connectivity index (χ3v) is 11.8. The van der Waals surface area contributed by atoms with E-state index in [1.807, 2.05) is 0 Å². The van der Waals surface area contributed by atoms with Crippen molar-refractivity contribution in [2.75, 3.05) is 9.80 Å². The molecule has 3 heteroatoms. The molecule has 6 aromatic carbocycles. The van der Waals surface area contributed by atoms with Crippen molar-refractivity contribution in [2.24, 2.45) is 0 Å². The second-order valence-electron chi connectivity index (χ2n) is 16.0. The molecule has 0 amide bonds. The van der Waals surface area contributed by atoms with Crippen LogP contribution in [0.5, 0.6) is 0 Å². The average Bonchev–Trinajstić information content (AvgIpc) is 3.82. The standard InChI is InChI=1S/C53H48N3/c1-52(2)45-29-17-19-31-47(45)55(43-25-13-7-14-26-43)49(52)37-35-39-33-34-40(51(39)54(41-21-9-5-10-22-41)42-23-11-6-12-24-42)36-38-50-53(3,4)46-30-18-20-32-48(46)56(50)44-27-15-8-16-28-44/h5-32,35-38H,33-34H2,1-4H3/q+1. The minimum Gasteiger partial charge on any atom is -0.313 e. The monoisotopic (exact) mass is 726 g/mol.